The largest absolute Gasteiger partial charge is 0.480 e. The number of aromatic nitrogens is 1. The number of hydrogen-bond acceptors (Lipinski definition) is 15. The van der Waals surface area contributed by atoms with Crippen molar-refractivity contribution in [2.75, 3.05) is 45.9 Å². The molecule has 0 aliphatic carbocycles. The number of likely N-dealkylation sites (tertiary alicyclic amines) is 2. The Labute approximate surface area is 393 Å². The van der Waals surface area contributed by atoms with Gasteiger partial charge in [-0.25, -0.2) is 4.79 Å². The van der Waals surface area contributed by atoms with E-state index in [1.807, 2.05) is 18.2 Å². The predicted octanol–water partition coefficient (Wildman–Crippen LogP) is -5.58. The molecule has 376 valence electrons. The summed E-state index contributed by atoms with van der Waals surface area (Å²) in [5.74, 6) is -7.24. The molecule has 0 spiro atoms. The number of fused-ring (bicyclic) bond motifs is 1. The number of aromatic amines is 1. The molecule has 0 bridgehead atoms. The maximum Gasteiger partial charge on any atom is 0.326 e. The average molecular weight is 957 g/mol. The van der Waals surface area contributed by atoms with Gasteiger partial charge in [0.05, 0.1) is 12.6 Å². The van der Waals surface area contributed by atoms with Crippen LogP contribution in [0.1, 0.15) is 63.9 Å². The molecule has 0 unspecified atom stereocenters. The highest BCUT2D eigenvalue weighted by atomic mass is 16.4. The Morgan fingerprint density at radius 1 is 0.647 bits per heavy atom. The molecule has 9 atom stereocenters. The van der Waals surface area contributed by atoms with E-state index in [0.29, 0.717) is 18.4 Å². The summed E-state index contributed by atoms with van der Waals surface area (Å²) >= 11 is 0. The molecule has 19 N–H and O–H groups in total. The molecule has 4 rings (SSSR count). The van der Waals surface area contributed by atoms with Gasteiger partial charge in [-0.05, 0) is 96.1 Å². The Kier molecular flexibility index (Phi) is 21.1. The van der Waals surface area contributed by atoms with Gasteiger partial charge in [-0.1, -0.05) is 18.2 Å². The van der Waals surface area contributed by atoms with Crippen molar-refractivity contribution in [3.63, 3.8) is 0 Å². The van der Waals surface area contributed by atoms with Crippen molar-refractivity contribution in [3.8, 4) is 0 Å². The molecule has 2 saturated heterocycles. The number of rotatable bonds is 26. The van der Waals surface area contributed by atoms with Crippen molar-refractivity contribution in [1.29, 1.82) is 0 Å². The number of carbonyl (C=O) groups excluding carboxylic acids is 8. The Hall–Kier alpha value is -6.25. The van der Waals surface area contributed by atoms with Crippen LogP contribution in [0, 0.1) is 0 Å². The van der Waals surface area contributed by atoms with Gasteiger partial charge in [-0.3, -0.25) is 38.4 Å². The molecule has 1 aromatic carbocycles. The van der Waals surface area contributed by atoms with E-state index in [1.165, 1.54) is 16.7 Å². The Morgan fingerprint density at radius 3 is 1.69 bits per heavy atom. The van der Waals surface area contributed by atoms with Gasteiger partial charge in [0.2, 0.25) is 47.3 Å². The number of H-pyrrole nitrogens is 1. The summed E-state index contributed by atoms with van der Waals surface area (Å²) in [7, 11) is 0. The fraction of sp³-hybridized carbons (Fsp3) is 0.605. The lowest BCUT2D eigenvalue weighted by Gasteiger charge is -2.32. The first-order valence-corrected chi connectivity index (χ1v) is 22.9. The molecule has 25 nitrogen and oxygen atoms in total. The maximum atomic E-state index is 14.2. The highest BCUT2D eigenvalue weighted by Gasteiger charge is 2.44. The van der Waals surface area contributed by atoms with Crippen molar-refractivity contribution in [3.05, 3.63) is 36.0 Å². The summed E-state index contributed by atoms with van der Waals surface area (Å²) in [6.07, 6.45) is 2.97. The Balaban J connectivity index is 1.44. The van der Waals surface area contributed by atoms with E-state index in [0.717, 1.165) is 10.9 Å². The molecular weight excluding hydrogens is 889 g/mol. The topological polar surface area (TPSA) is 419 Å². The van der Waals surface area contributed by atoms with E-state index in [1.54, 1.807) is 12.3 Å². The summed E-state index contributed by atoms with van der Waals surface area (Å²) < 4.78 is 0. The van der Waals surface area contributed by atoms with Crippen molar-refractivity contribution in [1.82, 2.24) is 46.7 Å². The molecule has 25 heteroatoms. The molecule has 8 amide bonds. The van der Waals surface area contributed by atoms with Gasteiger partial charge in [-0.15, -0.1) is 0 Å². The number of nitrogens with zero attached hydrogens (tertiary/aromatic N) is 2. The lowest BCUT2D eigenvalue weighted by molar-refractivity contribution is -0.152. The molecule has 2 aromatic rings. The summed E-state index contributed by atoms with van der Waals surface area (Å²) in [5, 5.41) is 35.8. The second-order valence-electron chi connectivity index (χ2n) is 16.9. The van der Waals surface area contributed by atoms with Gasteiger partial charge < -0.3 is 85.6 Å². The number of para-hydroxylation sites is 1. The number of nitrogens with two attached hydrogens (primary N) is 5. The van der Waals surface area contributed by atoms with Gasteiger partial charge in [0, 0.05) is 36.6 Å². The number of hydrogen-bond donors (Lipinski definition) is 14. The van der Waals surface area contributed by atoms with Crippen LogP contribution in [0.4, 0.5) is 0 Å². The third-order valence-electron chi connectivity index (χ3n) is 12.0. The molecule has 0 saturated carbocycles. The van der Waals surface area contributed by atoms with Crippen molar-refractivity contribution in [2.24, 2.45) is 28.7 Å². The van der Waals surface area contributed by atoms with Crippen LogP contribution >= 0.6 is 0 Å². The molecular formula is C43H68N14O11. The number of carboxylic acid groups (broad SMARTS) is 1. The van der Waals surface area contributed by atoms with Crippen LogP contribution in [0.2, 0.25) is 0 Å². The molecule has 2 aliphatic rings. The predicted molar refractivity (Wildman–Crippen MR) is 246 cm³/mol. The number of nitrogens with one attached hydrogen (secondary N) is 7. The number of aliphatic hydroxyl groups is 1. The second-order valence-corrected chi connectivity index (χ2v) is 16.9. The monoisotopic (exact) mass is 957 g/mol. The van der Waals surface area contributed by atoms with Crippen molar-refractivity contribution in [2.45, 2.75) is 119 Å². The smallest absolute Gasteiger partial charge is 0.326 e. The van der Waals surface area contributed by atoms with Gasteiger partial charge in [0.25, 0.3) is 0 Å². The first kappa shape index (κ1) is 54.4. The van der Waals surface area contributed by atoms with Gasteiger partial charge in [0.1, 0.15) is 48.3 Å². The number of carbonyl (C=O) groups is 9. The molecule has 0 radical (unpaired) electrons. The van der Waals surface area contributed by atoms with E-state index >= 15 is 0 Å². The van der Waals surface area contributed by atoms with Crippen LogP contribution in [-0.4, -0.2) is 178 Å². The number of aliphatic carboxylic acids is 1. The lowest BCUT2D eigenvalue weighted by Crippen LogP contribution is -2.61. The molecule has 68 heavy (non-hydrogen) atoms. The van der Waals surface area contributed by atoms with E-state index in [2.05, 4.69) is 36.9 Å². The summed E-state index contributed by atoms with van der Waals surface area (Å²) in [5.41, 5.74) is 30.3. The maximum absolute atomic E-state index is 14.2. The SMILES string of the molecule is C[C@H](NC(=O)[C@H](CCN)NC(=O)[C@H](CCN)NC(=O)[C@H](Cc1c[nH]c2ccccc12)NC(=O)[C@H](CCN)NC(=O)[C@H](N)CCN)C(=O)N[C@@H](CO)C(=O)N1CCC[C@@H]1C(=O)N1CCC[C@H]1C(=O)O. The second kappa shape index (κ2) is 26.3. The van der Waals surface area contributed by atoms with Crippen molar-refractivity contribution < 1.29 is 53.4 Å². The summed E-state index contributed by atoms with van der Waals surface area (Å²) in [6.45, 7) is 0.705. The molecule has 1 aromatic heterocycles. The third kappa shape index (κ3) is 14.4. The van der Waals surface area contributed by atoms with E-state index in [9.17, 15) is 53.4 Å². The van der Waals surface area contributed by atoms with Crippen molar-refractivity contribution >= 4 is 64.1 Å². The minimum absolute atomic E-state index is 0.00436. The van der Waals surface area contributed by atoms with E-state index in [4.69, 9.17) is 28.7 Å². The van der Waals surface area contributed by atoms with Crippen LogP contribution in [0.5, 0.6) is 0 Å². The number of carboxylic acids is 1. The zero-order valence-corrected chi connectivity index (χ0v) is 38.2. The lowest BCUT2D eigenvalue weighted by atomic mass is 10.0. The number of benzene rings is 1. The van der Waals surface area contributed by atoms with Crippen LogP contribution < -0.4 is 60.6 Å². The van der Waals surface area contributed by atoms with Crippen LogP contribution in [0.25, 0.3) is 10.9 Å². The standard InChI is InChI=1S/C43H68N14O11/c1-23(35(59)55-32(22-58)41(65)56-18-4-8-33(56)42(66)57-19-5-9-34(57)43(67)68)50-37(61)28(11-15-45)52-38(62)30(13-17-47)53-40(64)31(20-24-21-49-27-7-3-2-6-25(24)27)54-39(63)29(12-16-46)51-36(60)26(48)10-14-44/h2-3,6-7,21,23,26,28-34,49,58H,4-5,8-20,22,44-48H2,1H3,(H,50,61)(H,51,60)(H,52,62)(H,53,64)(H,54,63)(H,55,59)(H,67,68)/t23-,26+,28-,29-,30-,31-,32-,33+,34-/m0/s1. The van der Waals surface area contributed by atoms with Crippen LogP contribution in [-0.2, 0) is 49.6 Å². The number of aliphatic hydroxyl groups excluding tert-OH is 1. The number of amides is 8. The van der Waals surface area contributed by atoms with Gasteiger partial charge in [-0.2, -0.15) is 0 Å². The average Bonchev–Trinajstić information content (AvgIpc) is 4.11. The van der Waals surface area contributed by atoms with Crippen LogP contribution in [0.3, 0.4) is 0 Å². The third-order valence-corrected chi connectivity index (χ3v) is 12.0. The summed E-state index contributed by atoms with van der Waals surface area (Å²) in [6, 6.07) is -3.80. The Morgan fingerprint density at radius 2 is 1.13 bits per heavy atom. The fourth-order valence-corrected chi connectivity index (χ4v) is 8.27. The zero-order valence-electron chi connectivity index (χ0n) is 38.2. The summed E-state index contributed by atoms with van der Waals surface area (Å²) in [4.78, 5) is 126. The zero-order chi connectivity index (χ0) is 50.1. The fourth-order valence-electron chi connectivity index (χ4n) is 8.27. The highest BCUT2D eigenvalue weighted by Crippen LogP contribution is 2.26. The molecule has 3 heterocycles. The van der Waals surface area contributed by atoms with Gasteiger partial charge >= 0.3 is 5.97 Å². The molecule has 2 fully saturated rings. The Bertz CT molecular complexity index is 2100. The van der Waals surface area contributed by atoms with Gasteiger partial charge in [0.15, 0.2) is 0 Å². The van der Waals surface area contributed by atoms with E-state index in [-0.39, 0.29) is 84.2 Å². The highest BCUT2D eigenvalue weighted by molar-refractivity contribution is 5.98. The van der Waals surface area contributed by atoms with Crippen LogP contribution in [0.15, 0.2) is 30.5 Å². The normalized spacial score (nSPS) is 18.9. The quantitative estimate of drug-likeness (QED) is 0.0418. The minimum atomic E-state index is -1.52. The first-order chi connectivity index (χ1) is 32.5. The molecule has 2 aliphatic heterocycles. The van der Waals surface area contributed by atoms with E-state index < -0.39 is 114 Å². The first-order valence-electron chi connectivity index (χ1n) is 22.9. The minimum Gasteiger partial charge on any atom is -0.480 e.